The summed E-state index contributed by atoms with van der Waals surface area (Å²) in [5.41, 5.74) is 0. The van der Waals surface area contributed by atoms with Crippen molar-refractivity contribution in [1.82, 2.24) is 10.2 Å². The average molecular weight is 296 g/mol. The van der Waals surface area contributed by atoms with Gasteiger partial charge < -0.3 is 20.1 Å². The number of benzene rings is 1. The number of rotatable bonds is 5. The van der Waals surface area contributed by atoms with E-state index in [9.17, 15) is 14.3 Å². The molecule has 2 N–H and O–H groups in total. The van der Waals surface area contributed by atoms with Crippen molar-refractivity contribution in [3.05, 3.63) is 30.1 Å². The second-order valence-corrected chi connectivity index (χ2v) is 5.24. The van der Waals surface area contributed by atoms with E-state index in [0.717, 1.165) is 12.8 Å². The van der Waals surface area contributed by atoms with Crippen LogP contribution in [0.3, 0.4) is 0 Å². The third kappa shape index (κ3) is 4.32. The van der Waals surface area contributed by atoms with Gasteiger partial charge in [-0.25, -0.2) is 9.18 Å². The molecule has 0 aliphatic carbocycles. The first-order chi connectivity index (χ1) is 10.1. The fourth-order valence-electron chi connectivity index (χ4n) is 2.44. The molecule has 6 heteroatoms. The van der Waals surface area contributed by atoms with E-state index in [1.54, 1.807) is 24.0 Å². The molecule has 5 nitrogen and oxygen atoms in total. The molecule has 2 amide bonds. The van der Waals surface area contributed by atoms with Crippen molar-refractivity contribution in [2.24, 2.45) is 0 Å². The van der Waals surface area contributed by atoms with Crippen LogP contribution in [0, 0.1) is 5.82 Å². The molecule has 0 aromatic heterocycles. The smallest absolute Gasteiger partial charge is 0.317 e. The first kappa shape index (κ1) is 15.6. The monoisotopic (exact) mass is 296 g/mol. The number of aliphatic hydroxyl groups excluding tert-OH is 1. The third-order valence-corrected chi connectivity index (χ3v) is 3.52. The minimum absolute atomic E-state index is 0.0111. The number of likely N-dealkylation sites (tertiary alicyclic amines) is 1. The van der Waals surface area contributed by atoms with Gasteiger partial charge in [0, 0.05) is 12.6 Å². The molecule has 1 heterocycles. The van der Waals surface area contributed by atoms with Gasteiger partial charge in [-0.2, -0.15) is 0 Å². The number of carbonyl (C=O) groups excluding carboxylic acids is 1. The maximum atomic E-state index is 13.0. The fourth-order valence-corrected chi connectivity index (χ4v) is 2.44. The van der Waals surface area contributed by atoms with Crippen LogP contribution < -0.4 is 10.1 Å². The van der Waals surface area contributed by atoms with Crippen molar-refractivity contribution >= 4 is 6.03 Å². The SMILES string of the molecule is CC(CNC(=O)N1CCC[C@H]1CO)Oc1cccc(F)c1. The predicted molar refractivity (Wildman–Crippen MR) is 76.7 cm³/mol. The number of hydrogen-bond acceptors (Lipinski definition) is 3. The molecule has 1 unspecified atom stereocenters. The van der Waals surface area contributed by atoms with E-state index in [1.165, 1.54) is 12.1 Å². The number of amides is 2. The molecule has 0 spiro atoms. The van der Waals surface area contributed by atoms with Crippen LogP contribution in [0.4, 0.5) is 9.18 Å². The fraction of sp³-hybridized carbons (Fsp3) is 0.533. The summed E-state index contributed by atoms with van der Waals surface area (Å²) < 4.78 is 18.6. The summed E-state index contributed by atoms with van der Waals surface area (Å²) in [5.74, 6) is 0.0812. The van der Waals surface area contributed by atoms with E-state index in [0.29, 0.717) is 18.8 Å². The van der Waals surface area contributed by atoms with Gasteiger partial charge in [0.05, 0.1) is 19.2 Å². The molecule has 1 aliphatic rings. The van der Waals surface area contributed by atoms with E-state index in [2.05, 4.69) is 5.32 Å². The Hall–Kier alpha value is -1.82. The number of aliphatic hydroxyl groups is 1. The van der Waals surface area contributed by atoms with Crippen molar-refractivity contribution in [3.8, 4) is 5.75 Å². The highest BCUT2D eigenvalue weighted by atomic mass is 19.1. The largest absolute Gasteiger partial charge is 0.489 e. The third-order valence-electron chi connectivity index (χ3n) is 3.52. The van der Waals surface area contributed by atoms with Gasteiger partial charge in [-0.3, -0.25) is 0 Å². The average Bonchev–Trinajstić information content (AvgIpc) is 2.93. The zero-order valence-corrected chi connectivity index (χ0v) is 12.1. The lowest BCUT2D eigenvalue weighted by Crippen LogP contribution is -2.46. The van der Waals surface area contributed by atoms with Crippen molar-refractivity contribution in [2.45, 2.75) is 31.9 Å². The van der Waals surface area contributed by atoms with Gasteiger partial charge in [-0.15, -0.1) is 0 Å². The molecule has 1 saturated heterocycles. The highest BCUT2D eigenvalue weighted by molar-refractivity contribution is 5.74. The Bertz CT molecular complexity index is 484. The number of nitrogens with one attached hydrogen (secondary N) is 1. The van der Waals surface area contributed by atoms with E-state index in [-0.39, 0.29) is 30.6 Å². The van der Waals surface area contributed by atoms with Crippen molar-refractivity contribution < 1.29 is 19.0 Å². The topological polar surface area (TPSA) is 61.8 Å². The standard InChI is InChI=1S/C15H21FN2O3/c1-11(21-14-6-2-4-12(16)8-14)9-17-15(20)18-7-3-5-13(18)10-19/h2,4,6,8,11,13,19H,3,5,7,9-10H2,1H3,(H,17,20)/t11?,13-/m0/s1. The molecular formula is C15H21FN2O3. The van der Waals surface area contributed by atoms with Crippen LogP contribution in [0.25, 0.3) is 0 Å². The lowest BCUT2D eigenvalue weighted by atomic mass is 10.2. The van der Waals surface area contributed by atoms with Crippen LogP contribution in [0.2, 0.25) is 0 Å². The number of urea groups is 1. The van der Waals surface area contributed by atoms with Gasteiger partial charge >= 0.3 is 6.03 Å². The molecule has 2 atom stereocenters. The Morgan fingerprint density at radius 1 is 1.62 bits per heavy atom. The lowest BCUT2D eigenvalue weighted by molar-refractivity contribution is 0.151. The summed E-state index contributed by atoms with van der Waals surface area (Å²) in [5, 5.41) is 12.0. The Morgan fingerprint density at radius 2 is 2.43 bits per heavy atom. The van der Waals surface area contributed by atoms with E-state index >= 15 is 0 Å². The Labute approximate surface area is 123 Å². The molecule has 116 valence electrons. The molecule has 0 saturated carbocycles. The van der Waals surface area contributed by atoms with Crippen LogP contribution in [0.15, 0.2) is 24.3 Å². The molecule has 0 radical (unpaired) electrons. The number of ether oxygens (including phenoxy) is 1. The zero-order valence-electron chi connectivity index (χ0n) is 12.1. The van der Waals surface area contributed by atoms with Crippen LogP contribution in [-0.4, -0.2) is 47.9 Å². The number of nitrogens with zero attached hydrogens (tertiary/aromatic N) is 1. The van der Waals surface area contributed by atoms with Gasteiger partial charge in [0.15, 0.2) is 0 Å². The Morgan fingerprint density at radius 3 is 3.14 bits per heavy atom. The molecule has 0 bridgehead atoms. The van der Waals surface area contributed by atoms with Crippen LogP contribution in [0.1, 0.15) is 19.8 Å². The maximum Gasteiger partial charge on any atom is 0.317 e. The molecule has 21 heavy (non-hydrogen) atoms. The first-order valence-corrected chi connectivity index (χ1v) is 7.17. The summed E-state index contributed by atoms with van der Waals surface area (Å²) in [6, 6.07) is 5.61. The second kappa shape index (κ2) is 7.26. The molecule has 1 aliphatic heterocycles. The summed E-state index contributed by atoms with van der Waals surface area (Å²) in [6.45, 7) is 2.78. The molecule has 1 aromatic rings. The van der Waals surface area contributed by atoms with Gasteiger partial charge in [-0.05, 0) is 31.9 Å². The first-order valence-electron chi connectivity index (χ1n) is 7.17. The number of halogens is 1. The van der Waals surface area contributed by atoms with Crippen molar-refractivity contribution in [2.75, 3.05) is 19.7 Å². The van der Waals surface area contributed by atoms with E-state index < -0.39 is 0 Å². The maximum absolute atomic E-state index is 13.0. The van der Waals surface area contributed by atoms with Gasteiger partial charge in [-0.1, -0.05) is 6.07 Å². The van der Waals surface area contributed by atoms with E-state index in [1.807, 2.05) is 0 Å². The van der Waals surface area contributed by atoms with Crippen molar-refractivity contribution in [3.63, 3.8) is 0 Å². The van der Waals surface area contributed by atoms with Gasteiger partial charge in [0.1, 0.15) is 17.7 Å². The lowest BCUT2D eigenvalue weighted by Gasteiger charge is -2.24. The number of hydrogen-bond donors (Lipinski definition) is 2. The summed E-state index contributed by atoms with van der Waals surface area (Å²) in [4.78, 5) is 13.7. The van der Waals surface area contributed by atoms with Gasteiger partial charge in [0.2, 0.25) is 0 Å². The van der Waals surface area contributed by atoms with Crippen LogP contribution >= 0.6 is 0 Å². The van der Waals surface area contributed by atoms with Crippen LogP contribution in [-0.2, 0) is 0 Å². The van der Waals surface area contributed by atoms with Crippen molar-refractivity contribution in [1.29, 1.82) is 0 Å². The highest BCUT2D eigenvalue weighted by Gasteiger charge is 2.27. The van der Waals surface area contributed by atoms with E-state index in [4.69, 9.17) is 4.74 Å². The highest BCUT2D eigenvalue weighted by Crippen LogP contribution is 2.17. The zero-order chi connectivity index (χ0) is 15.2. The predicted octanol–water partition coefficient (Wildman–Crippen LogP) is 1.76. The second-order valence-electron chi connectivity index (χ2n) is 5.24. The quantitative estimate of drug-likeness (QED) is 0.870. The molecule has 2 rings (SSSR count). The minimum Gasteiger partial charge on any atom is -0.489 e. The minimum atomic E-state index is -0.355. The molecule has 1 aromatic carbocycles. The Balaban J connectivity index is 1.78. The summed E-state index contributed by atoms with van der Waals surface area (Å²) in [6.07, 6.45) is 1.47. The summed E-state index contributed by atoms with van der Waals surface area (Å²) >= 11 is 0. The summed E-state index contributed by atoms with van der Waals surface area (Å²) in [7, 11) is 0. The van der Waals surface area contributed by atoms with Gasteiger partial charge in [0.25, 0.3) is 0 Å². The molecular weight excluding hydrogens is 275 g/mol. The normalized spacial score (nSPS) is 19.4. The van der Waals surface area contributed by atoms with Crippen LogP contribution in [0.5, 0.6) is 5.75 Å². The number of carbonyl (C=O) groups is 1. The molecule has 1 fully saturated rings. The Kier molecular flexibility index (Phi) is 5.38.